The van der Waals surface area contributed by atoms with Crippen molar-refractivity contribution in [1.82, 2.24) is 0 Å². The van der Waals surface area contributed by atoms with Crippen LogP contribution in [0.5, 0.6) is 0 Å². The van der Waals surface area contributed by atoms with Gasteiger partial charge in [0.2, 0.25) is 0 Å². The van der Waals surface area contributed by atoms with Gasteiger partial charge in [0.15, 0.2) is 0 Å². The molecule has 0 unspecified atom stereocenters. The number of carbonyl (C=O) groups is 1. The summed E-state index contributed by atoms with van der Waals surface area (Å²) in [7, 11) is 0. The molecule has 0 heterocycles. The highest BCUT2D eigenvalue weighted by molar-refractivity contribution is 5.87. The lowest BCUT2D eigenvalue weighted by atomic mass is 9.93. The van der Waals surface area contributed by atoms with E-state index in [-0.39, 0.29) is 12.2 Å². The first-order chi connectivity index (χ1) is 8.05. The van der Waals surface area contributed by atoms with Gasteiger partial charge in [-0.05, 0) is 13.8 Å². The van der Waals surface area contributed by atoms with Crippen molar-refractivity contribution < 1.29 is 29.6 Å². The van der Waals surface area contributed by atoms with E-state index in [4.69, 9.17) is 24.8 Å². The third kappa shape index (κ3) is 5.16. The number of rotatable bonds is 8. The smallest absolute Gasteiger partial charge is 0.336 e. The van der Waals surface area contributed by atoms with Crippen molar-refractivity contribution in [2.24, 2.45) is 5.41 Å². The molecule has 0 saturated carbocycles. The monoisotopic (exact) mass is 248 g/mol. The Balaban J connectivity index is 4.31. The zero-order valence-corrected chi connectivity index (χ0v) is 10.2. The highest BCUT2D eigenvalue weighted by Gasteiger charge is 2.30. The van der Waals surface area contributed by atoms with E-state index in [2.05, 4.69) is 0 Å². The molecule has 0 bridgehead atoms. The van der Waals surface area contributed by atoms with Crippen molar-refractivity contribution in [2.75, 3.05) is 33.0 Å². The third-order valence-electron chi connectivity index (χ3n) is 2.26. The number of aliphatic hydroxyl groups is 3. The van der Waals surface area contributed by atoms with Crippen LogP contribution < -0.4 is 0 Å². The first kappa shape index (κ1) is 15.9. The Labute approximate surface area is 100 Å². The van der Waals surface area contributed by atoms with E-state index in [1.165, 1.54) is 13.2 Å². The van der Waals surface area contributed by atoms with Crippen molar-refractivity contribution in [2.45, 2.75) is 13.8 Å². The molecule has 17 heavy (non-hydrogen) atoms. The molecule has 0 aliphatic heterocycles. The van der Waals surface area contributed by atoms with Gasteiger partial charge >= 0.3 is 5.97 Å². The van der Waals surface area contributed by atoms with Gasteiger partial charge in [-0.25, -0.2) is 4.79 Å². The predicted molar refractivity (Wildman–Crippen MR) is 60.0 cm³/mol. The second-order valence-corrected chi connectivity index (χ2v) is 3.81. The normalized spacial score (nSPS) is 12.4. The molecule has 0 spiro atoms. The van der Waals surface area contributed by atoms with Crippen LogP contribution >= 0.6 is 0 Å². The molecule has 0 amide bonds. The first-order valence-electron chi connectivity index (χ1n) is 5.33. The van der Waals surface area contributed by atoms with Gasteiger partial charge in [0.1, 0.15) is 6.61 Å². The Kier molecular flexibility index (Phi) is 7.53. The summed E-state index contributed by atoms with van der Waals surface area (Å²) in [5.74, 6) is -0.613. The maximum absolute atomic E-state index is 11.4. The van der Waals surface area contributed by atoms with E-state index in [1.807, 2.05) is 0 Å². The fraction of sp³-hybridized carbons (Fsp3) is 0.727. The number of aliphatic hydroxyl groups excluding tert-OH is 3. The minimum atomic E-state index is -1.21. The molecule has 6 nitrogen and oxygen atoms in total. The Hall–Kier alpha value is -1.11. The van der Waals surface area contributed by atoms with Crippen molar-refractivity contribution in [1.29, 1.82) is 0 Å². The number of ether oxygens (including phenoxy) is 2. The van der Waals surface area contributed by atoms with Crippen LogP contribution in [0.1, 0.15) is 13.8 Å². The molecule has 0 aromatic rings. The predicted octanol–water partition coefficient (Wildman–Crippen LogP) is -0.567. The summed E-state index contributed by atoms with van der Waals surface area (Å²) < 4.78 is 9.79. The Morgan fingerprint density at radius 2 is 1.76 bits per heavy atom. The number of esters is 1. The lowest BCUT2D eigenvalue weighted by molar-refractivity contribution is -0.146. The zero-order valence-electron chi connectivity index (χ0n) is 10.2. The van der Waals surface area contributed by atoms with Gasteiger partial charge < -0.3 is 24.8 Å². The average molecular weight is 248 g/mol. The molecule has 0 aliphatic carbocycles. The van der Waals surface area contributed by atoms with Crippen LogP contribution in [0.15, 0.2) is 11.8 Å². The minimum Gasteiger partial charge on any atom is -0.501 e. The van der Waals surface area contributed by atoms with Crippen LogP contribution in [0.4, 0.5) is 0 Å². The van der Waals surface area contributed by atoms with Crippen LogP contribution in [-0.4, -0.2) is 54.3 Å². The summed E-state index contributed by atoms with van der Waals surface area (Å²) in [6.45, 7) is 2.08. The maximum atomic E-state index is 11.4. The van der Waals surface area contributed by atoms with Crippen LogP contribution in [0.3, 0.4) is 0 Å². The largest absolute Gasteiger partial charge is 0.501 e. The number of hydrogen-bond acceptors (Lipinski definition) is 6. The second kappa shape index (κ2) is 8.05. The minimum absolute atomic E-state index is 0.257. The third-order valence-corrected chi connectivity index (χ3v) is 2.26. The lowest BCUT2D eigenvalue weighted by Crippen LogP contribution is -2.39. The van der Waals surface area contributed by atoms with E-state index >= 15 is 0 Å². The molecule has 6 heteroatoms. The SMILES string of the molecule is CCOC=C(C)C(=O)OCC(CO)(CO)CO. The van der Waals surface area contributed by atoms with Gasteiger partial charge in [-0.3, -0.25) is 0 Å². The van der Waals surface area contributed by atoms with Crippen molar-refractivity contribution >= 4 is 5.97 Å². The van der Waals surface area contributed by atoms with Crippen molar-refractivity contribution in [3.05, 3.63) is 11.8 Å². The van der Waals surface area contributed by atoms with E-state index < -0.39 is 31.2 Å². The Morgan fingerprint density at radius 1 is 1.24 bits per heavy atom. The summed E-state index contributed by atoms with van der Waals surface area (Å²) >= 11 is 0. The van der Waals surface area contributed by atoms with Crippen molar-refractivity contribution in [3.8, 4) is 0 Å². The highest BCUT2D eigenvalue weighted by atomic mass is 16.5. The molecule has 0 aromatic heterocycles. The molecule has 3 N–H and O–H groups in total. The molecule has 0 aliphatic rings. The van der Waals surface area contributed by atoms with Gasteiger partial charge in [-0.1, -0.05) is 0 Å². The van der Waals surface area contributed by atoms with Gasteiger partial charge in [0.05, 0.1) is 43.7 Å². The summed E-state index contributed by atoms with van der Waals surface area (Å²) in [5, 5.41) is 27.1. The molecule has 0 aromatic carbocycles. The molecule has 0 radical (unpaired) electrons. The quantitative estimate of drug-likeness (QED) is 0.302. The maximum Gasteiger partial charge on any atom is 0.336 e. The molecular formula is C11H20O6. The molecule has 0 atom stereocenters. The Bertz CT molecular complexity index is 248. The highest BCUT2D eigenvalue weighted by Crippen LogP contribution is 2.15. The van der Waals surface area contributed by atoms with Crippen LogP contribution in [-0.2, 0) is 14.3 Å². The van der Waals surface area contributed by atoms with Gasteiger partial charge in [0, 0.05) is 0 Å². The van der Waals surface area contributed by atoms with Gasteiger partial charge in [-0.15, -0.1) is 0 Å². The molecular weight excluding hydrogens is 228 g/mol. The fourth-order valence-corrected chi connectivity index (χ4v) is 0.876. The summed E-state index contributed by atoms with van der Waals surface area (Å²) in [6, 6.07) is 0. The van der Waals surface area contributed by atoms with Gasteiger partial charge in [-0.2, -0.15) is 0 Å². The molecule has 0 saturated heterocycles. The average Bonchev–Trinajstić information content (AvgIpc) is 2.37. The van der Waals surface area contributed by atoms with E-state index in [1.54, 1.807) is 6.92 Å². The number of carbonyl (C=O) groups excluding carboxylic acids is 1. The van der Waals surface area contributed by atoms with E-state index in [0.717, 1.165) is 0 Å². The van der Waals surface area contributed by atoms with Gasteiger partial charge in [0.25, 0.3) is 0 Å². The van der Waals surface area contributed by atoms with Crippen molar-refractivity contribution in [3.63, 3.8) is 0 Å². The van der Waals surface area contributed by atoms with Crippen LogP contribution in [0.2, 0.25) is 0 Å². The van der Waals surface area contributed by atoms with E-state index in [9.17, 15) is 4.79 Å². The summed E-state index contributed by atoms with van der Waals surface area (Å²) in [4.78, 5) is 11.4. The summed E-state index contributed by atoms with van der Waals surface area (Å²) in [6.07, 6.45) is 1.28. The Morgan fingerprint density at radius 3 is 2.18 bits per heavy atom. The fourth-order valence-electron chi connectivity index (χ4n) is 0.876. The molecule has 0 rings (SSSR count). The van der Waals surface area contributed by atoms with E-state index in [0.29, 0.717) is 6.61 Å². The lowest BCUT2D eigenvalue weighted by Gasteiger charge is -2.26. The van der Waals surface area contributed by atoms with Crippen LogP contribution in [0.25, 0.3) is 0 Å². The first-order valence-corrected chi connectivity index (χ1v) is 5.33. The number of hydrogen-bond donors (Lipinski definition) is 3. The summed E-state index contributed by atoms with van der Waals surface area (Å²) in [5.41, 5.74) is -0.934. The molecule has 0 fully saturated rings. The van der Waals surface area contributed by atoms with Crippen LogP contribution in [0, 0.1) is 5.41 Å². The topological polar surface area (TPSA) is 96.2 Å². The standard InChI is InChI=1S/C11H20O6/c1-3-16-4-9(2)10(15)17-8-11(5-12,6-13)7-14/h4,12-14H,3,5-8H2,1-2H3. The molecule has 100 valence electrons. The zero-order chi connectivity index (χ0) is 13.3. The second-order valence-electron chi connectivity index (χ2n) is 3.81.